The van der Waals surface area contributed by atoms with Crippen LogP contribution < -0.4 is 10.2 Å². The van der Waals surface area contributed by atoms with Gasteiger partial charge in [0.2, 0.25) is 11.9 Å². The fraction of sp³-hybridized carbons (Fsp3) is 0.308. The van der Waals surface area contributed by atoms with Crippen LogP contribution >= 0.6 is 11.8 Å². The Balaban J connectivity index is 2.28. The van der Waals surface area contributed by atoms with Gasteiger partial charge in [-0.15, -0.1) is 0 Å². The van der Waals surface area contributed by atoms with Crippen LogP contribution in [0.5, 0.6) is 0 Å². The van der Waals surface area contributed by atoms with E-state index in [4.69, 9.17) is 0 Å². The van der Waals surface area contributed by atoms with E-state index in [1.807, 2.05) is 19.0 Å². The first-order valence-corrected chi connectivity index (χ1v) is 6.76. The summed E-state index contributed by atoms with van der Waals surface area (Å²) in [7, 11) is 5.62. The second-order valence-corrected chi connectivity index (χ2v) is 5.34. The molecule has 0 fully saturated rings. The van der Waals surface area contributed by atoms with E-state index < -0.39 is 0 Å². The lowest BCUT2D eigenvalue weighted by atomic mass is 10.2. The largest absolute Gasteiger partial charge is 0.357 e. The molecule has 2 aromatic rings. The zero-order chi connectivity index (χ0) is 13.8. The van der Waals surface area contributed by atoms with Crippen molar-refractivity contribution in [2.24, 2.45) is 0 Å². The van der Waals surface area contributed by atoms with Gasteiger partial charge in [0.25, 0.3) is 0 Å². The van der Waals surface area contributed by atoms with Gasteiger partial charge in [0.15, 0.2) is 5.16 Å². The molecule has 2 rings (SSSR count). The molecule has 0 atom stereocenters. The highest BCUT2D eigenvalue weighted by atomic mass is 32.2. The maximum atomic E-state index is 4.43. The molecular weight excluding hydrogens is 258 g/mol. The molecule has 0 radical (unpaired) electrons. The van der Waals surface area contributed by atoms with Gasteiger partial charge < -0.3 is 10.2 Å². The number of nitrogens with one attached hydrogen (secondary N) is 1. The molecule has 6 heteroatoms. The molecule has 0 amide bonds. The Labute approximate surface area is 117 Å². The molecule has 0 bridgehead atoms. The van der Waals surface area contributed by atoms with Crippen LogP contribution in [0.25, 0.3) is 0 Å². The molecule has 0 aliphatic rings. The van der Waals surface area contributed by atoms with Crippen molar-refractivity contribution >= 4 is 23.7 Å². The lowest BCUT2D eigenvalue weighted by Crippen LogP contribution is -2.15. The first kappa shape index (κ1) is 13.6. The normalized spacial score (nSPS) is 10.3. The molecule has 0 saturated carbocycles. The van der Waals surface area contributed by atoms with Crippen molar-refractivity contribution in [3.63, 3.8) is 0 Å². The highest BCUT2D eigenvalue weighted by Crippen LogP contribution is 2.26. The standard InChI is InChI=1S/C13H17N5S/c1-9-5-7-10(8-6-9)19-13-16-11(14-2)15-12(17-13)18(3)4/h5-8H,1-4H3,(H,14,15,16,17). The van der Waals surface area contributed by atoms with Crippen LogP contribution in [0.3, 0.4) is 0 Å². The van der Waals surface area contributed by atoms with Crippen LogP contribution in [0.15, 0.2) is 34.3 Å². The second-order valence-electron chi connectivity index (χ2n) is 4.30. The smallest absolute Gasteiger partial charge is 0.230 e. The van der Waals surface area contributed by atoms with Gasteiger partial charge in [0.05, 0.1) is 0 Å². The van der Waals surface area contributed by atoms with Gasteiger partial charge >= 0.3 is 0 Å². The number of rotatable bonds is 4. The van der Waals surface area contributed by atoms with Crippen molar-refractivity contribution in [3.8, 4) is 0 Å². The van der Waals surface area contributed by atoms with Gasteiger partial charge in [-0.05, 0) is 30.8 Å². The summed E-state index contributed by atoms with van der Waals surface area (Å²) < 4.78 is 0. The maximum Gasteiger partial charge on any atom is 0.230 e. The Morgan fingerprint density at radius 2 is 1.74 bits per heavy atom. The first-order valence-electron chi connectivity index (χ1n) is 5.94. The number of hydrogen-bond acceptors (Lipinski definition) is 6. The van der Waals surface area contributed by atoms with Gasteiger partial charge in [-0.1, -0.05) is 17.7 Å². The van der Waals surface area contributed by atoms with Crippen LogP contribution in [0, 0.1) is 6.92 Å². The van der Waals surface area contributed by atoms with E-state index >= 15 is 0 Å². The fourth-order valence-electron chi connectivity index (χ4n) is 1.42. The Bertz CT molecular complexity index is 553. The summed E-state index contributed by atoms with van der Waals surface area (Å²) in [6, 6.07) is 8.29. The predicted molar refractivity (Wildman–Crippen MR) is 79.0 cm³/mol. The third-order valence-electron chi connectivity index (χ3n) is 2.46. The van der Waals surface area contributed by atoms with E-state index in [0.29, 0.717) is 17.1 Å². The Hall–Kier alpha value is -1.82. The van der Waals surface area contributed by atoms with E-state index in [1.165, 1.54) is 17.3 Å². The average molecular weight is 275 g/mol. The number of aromatic nitrogens is 3. The van der Waals surface area contributed by atoms with Crippen LogP contribution in [0.4, 0.5) is 11.9 Å². The minimum atomic E-state index is 0.577. The van der Waals surface area contributed by atoms with Gasteiger partial charge in [0, 0.05) is 26.0 Å². The lowest BCUT2D eigenvalue weighted by Gasteiger charge is -2.12. The Morgan fingerprint density at radius 3 is 2.32 bits per heavy atom. The molecule has 0 unspecified atom stereocenters. The number of hydrogen-bond donors (Lipinski definition) is 1. The van der Waals surface area contributed by atoms with Gasteiger partial charge in [-0.25, -0.2) is 0 Å². The summed E-state index contributed by atoms with van der Waals surface area (Å²) in [5.41, 5.74) is 1.24. The summed E-state index contributed by atoms with van der Waals surface area (Å²) >= 11 is 1.53. The van der Waals surface area contributed by atoms with Gasteiger partial charge in [0.1, 0.15) is 0 Å². The molecule has 100 valence electrons. The van der Waals surface area contributed by atoms with Crippen molar-refractivity contribution in [1.29, 1.82) is 0 Å². The lowest BCUT2D eigenvalue weighted by molar-refractivity contribution is 0.870. The molecule has 0 aliphatic carbocycles. The summed E-state index contributed by atoms with van der Waals surface area (Å²) in [5, 5.41) is 3.64. The quantitative estimate of drug-likeness (QED) is 0.925. The van der Waals surface area contributed by atoms with E-state index in [-0.39, 0.29) is 0 Å². The van der Waals surface area contributed by atoms with Crippen molar-refractivity contribution in [1.82, 2.24) is 15.0 Å². The molecule has 19 heavy (non-hydrogen) atoms. The molecule has 1 N–H and O–H groups in total. The van der Waals surface area contributed by atoms with E-state index in [1.54, 1.807) is 7.05 Å². The summed E-state index contributed by atoms with van der Waals surface area (Å²) in [5.74, 6) is 1.22. The van der Waals surface area contributed by atoms with E-state index in [9.17, 15) is 0 Å². The predicted octanol–water partition coefficient (Wildman–Crippen LogP) is 2.44. The van der Waals surface area contributed by atoms with Crippen molar-refractivity contribution in [3.05, 3.63) is 29.8 Å². The summed E-state index contributed by atoms with van der Waals surface area (Å²) in [4.78, 5) is 16.0. The molecule has 0 saturated heterocycles. The minimum Gasteiger partial charge on any atom is -0.357 e. The summed E-state index contributed by atoms with van der Waals surface area (Å²) in [6.45, 7) is 2.07. The van der Waals surface area contributed by atoms with Gasteiger partial charge in [-0.2, -0.15) is 15.0 Å². The number of nitrogens with zero attached hydrogens (tertiary/aromatic N) is 4. The highest BCUT2D eigenvalue weighted by Gasteiger charge is 2.08. The van der Waals surface area contributed by atoms with Gasteiger partial charge in [-0.3, -0.25) is 0 Å². The minimum absolute atomic E-state index is 0.577. The Kier molecular flexibility index (Phi) is 4.21. The zero-order valence-electron chi connectivity index (χ0n) is 11.5. The topological polar surface area (TPSA) is 53.9 Å². The van der Waals surface area contributed by atoms with Crippen molar-refractivity contribution < 1.29 is 0 Å². The molecule has 1 heterocycles. The van der Waals surface area contributed by atoms with Crippen LogP contribution in [0.2, 0.25) is 0 Å². The zero-order valence-corrected chi connectivity index (χ0v) is 12.3. The number of benzene rings is 1. The molecule has 5 nitrogen and oxygen atoms in total. The van der Waals surface area contributed by atoms with Crippen molar-refractivity contribution in [2.45, 2.75) is 17.0 Å². The molecule has 0 aliphatic heterocycles. The number of aryl methyl sites for hydroxylation is 1. The molecular formula is C13H17N5S. The third kappa shape index (κ3) is 3.57. The van der Waals surface area contributed by atoms with E-state index in [2.05, 4.69) is 51.5 Å². The van der Waals surface area contributed by atoms with Crippen molar-refractivity contribution in [2.75, 3.05) is 31.4 Å². The number of anilines is 2. The highest BCUT2D eigenvalue weighted by molar-refractivity contribution is 7.99. The molecule has 1 aromatic carbocycles. The van der Waals surface area contributed by atoms with E-state index in [0.717, 1.165) is 4.90 Å². The third-order valence-corrected chi connectivity index (χ3v) is 3.33. The van der Waals surface area contributed by atoms with Crippen LogP contribution in [0.1, 0.15) is 5.56 Å². The maximum absolute atomic E-state index is 4.43. The molecule has 1 aromatic heterocycles. The monoisotopic (exact) mass is 275 g/mol. The fourth-order valence-corrected chi connectivity index (χ4v) is 2.16. The summed E-state index contributed by atoms with van der Waals surface area (Å²) in [6.07, 6.45) is 0. The molecule has 0 spiro atoms. The second kappa shape index (κ2) is 5.88. The Morgan fingerprint density at radius 1 is 1.05 bits per heavy atom. The SMILES string of the molecule is CNc1nc(Sc2ccc(C)cc2)nc(N(C)C)n1. The first-order chi connectivity index (χ1) is 9.08. The van der Waals surface area contributed by atoms with Crippen LogP contribution in [-0.2, 0) is 0 Å². The average Bonchev–Trinajstić information content (AvgIpc) is 2.41. The van der Waals surface area contributed by atoms with Crippen LogP contribution in [-0.4, -0.2) is 36.1 Å².